The summed E-state index contributed by atoms with van der Waals surface area (Å²) in [6.07, 6.45) is 2.61. The second-order valence-corrected chi connectivity index (χ2v) is 7.19. The van der Waals surface area contributed by atoms with Crippen LogP contribution in [0, 0.1) is 13.8 Å². The van der Waals surface area contributed by atoms with Gasteiger partial charge in [0, 0.05) is 13.1 Å². The van der Waals surface area contributed by atoms with E-state index in [9.17, 15) is 8.42 Å². The molecular weight excluding hydrogens is 246 g/mol. The largest absolute Gasteiger partial charge is 0.214 e. The van der Waals surface area contributed by atoms with Crippen molar-refractivity contribution >= 4 is 10.0 Å². The minimum absolute atomic E-state index is 0.319. The molecule has 1 heterocycles. The van der Waals surface area contributed by atoms with E-state index in [1.165, 1.54) is 16.7 Å². The molecule has 0 spiro atoms. The summed E-state index contributed by atoms with van der Waals surface area (Å²) in [4.78, 5) is 0. The van der Waals surface area contributed by atoms with Crippen molar-refractivity contribution in [1.29, 1.82) is 0 Å². The fraction of sp³-hybridized carbons (Fsp3) is 0.571. The fourth-order valence-corrected chi connectivity index (χ4v) is 4.07. The van der Waals surface area contributed by atoms with E-state index < -0.39 is 10.0 Å². The summed E-state index contributed by atoms with van der Waals surface area (Å²) in [6.45, 7) is 5.47. The van der Waals surface area contributed by atoms with E-state index in [1.54, 1.807) is 4.31 Å². The highest BCUT2D eigenvalue weighted by atomic mass is 32.2. The number of benzene rings is 1. The predicted molar refractivity (Wildman–Crippen MR) is 74.2 cm³/mol. The van der Waals surface area contributed by atoms with Crippen molar-refractivity contribution < 1.29 is 8.42 Å². The number of nitrogens with zero attached hydrogens (tertiary/aromatic N) is 1. The molecule has 1 saturated heterocycles. The van der Waals surface area contributed by atoms with Crippen LogP contribution in [0.5, 0.6) is 0 Å². The third kappa shape index (κ3) is 3.12. The molecule has 0 aromatic heterocycles. The molecule has 1 aliphatic heterocycles. The van der Waals surface area contributed by atoms with Crippen LogP contribution in [0.2, 0.25) is 0 Å². The molecule has 18 heavy (non-hydrogen) atoms. The monoisotopic (exact) mass is 267 g/mol. The van der Waals surface area contributed by atoms with Crippen LogP contribution in [-0.2, 0) is 16.4 Å². The van der Waals surface area contributed by atoms with E-state index in [0.29, 0.717) is 18.8 Å². The van der Waals surface area contributed by atoms with Gasteiger partial charge in [-0.2, -0.15) is 0 Å². The van der Waals surface area contributed by atoms with Crippen molar-refractivity contribution in [2.45, 2.75) is 33.1 Å². The Hall–Kier alpha value is -0.870. The van der Waals surface area contributed by atoms with Gasteiger partial charge in [-0.15, -0.1) is 0 Å². The molecule has 3 nitrogen and oxygen atoms in total. The highest BCUT2D eigenvalue weighted by Crippen LogP contribution is 2.16. The summed E-state index contributed by atoms with van der Waals surface area (Å²) in [5.74, 6) is 0.319. The zero-order valence-electron chi connectivity index (χ0n) is 11.1. The summed E-state index contributed by atoms with van der Waals surface area (Å²) in [6, 6.07) is 6.36. The molecule has 0 N–H and O–H groups in total. The highest BCUT2D eigenvalue weighted by molar-refractivity contribution is 7.89. The van der Waals surface area contributed by atoms with Crippen LogP contribution in [0.15, 0.2) is 18.2 Å². The van der Waals surface area contributed by atoms with Crippen molar-refractivity contribution in [3.8, 4) is 0 Å². The van der Waals surface area contributed by atoms with E-state index in [0.717, 1.165) is 19.3 Å². The molecular formula is C14H21NO2S. The first-order valence-corrected chi connectivity index (χ1v) is 8.14. The van der Waals surface area contributed by atoms with Crippen molar-refractivity contribution in [1.82, 2.24) is 4.31 Å². The van der Waals surface area contributed by atoms with Gasteiger partial charge in [0.2, 0.25) is 10.0 Å². The lowest BCUT2D eigenvalue weighted by Gasteiger charge is -2.26. The van der Waals surface area contributed by atoms with Crippen LogP contribution in [0.1, 0.15) is 29.5 Å². The molecule has 0 radical (unpaired) electrons. The number of rotatable bonds is 3. The van der Waals surface area contributed by atoms with Gasteiger partial charge in [0.25, 0.3) is 0 Å². The summed E-state index contributed by atoms with van der Waals surface area (Å²) >= 11 is 0. The normalized spacial score (nSPS) is 19.9. The first-order chi connectivity index (χ1) is 8.49. The summed E-state index contributed by atoms with van der Waals surface area (Å²) in [5.41, 5.74) is 3.76. The molecule has 0 aliphatic carbocycles. The molecule has 0 amide bonds. The lowest BCUT2D eigenvalue weighted by Crippen LogP contribution is -2.39. The molecule has 1 fully saturated rings. The number of hydrogen-bond donors (Lipinski definition) is 0. The summed E-state index contributed by atoms with van der Waals surface area (Å²) in [5, 5.41) is 0. The third-order valence-electron chi connectivity index (χ3n) is 3.58. The van der Waals surface area contributed by atoms with E-state index in [2.05, 4.69) is 32.0 Å². The van der Waals surface area contributed by atoms with E-state index >= 15 is 0 Å². The molecule has 1 aliphatic rings. The minimum atomic E-state index is -2.98. The van der Waals surface area contributed by atoms with Crippen LogP contribution < -0.4 is 0 Å². The molecule has 100 valence electrons. The first-order valence-electron chi connectivity index (χ1n) is 6.53. The van der Waals surface area contributed by atoms with Crippen LogP contribution in [0.4, 0.5) is 0 Å². The van der Waals surface area contributed by atoms with Gasteiger partial charge in [-0.25, -0.2) is 12.7 Å². The Labute approximate surface area is 110 Å². The van der Waals surface area contributed by atoms with Gasteiger partial charge in [0.15, 0.2) is 0 Å². The maximum Gasteiger partial charge on any atom is 0.214 e. The van der Waals surface area contributed by atoms with Crippen molar-refractivity contribution in [2.75, 3.05) is 18.8 Å². The number of aryl methyl sites for hydroxylation is 2. The van der Waals surface area contributed by atoms with Gasteiger partial charge >= 0.3 is 0 Å². The van der Waals surface area contributed by atoms with Crippen LogP contribution in [0.3, 0.4) is 0 Å². The zero-order valence-corrected chi connectivity index (χ0v) is 12.0. The molecule has 4 heteroatoms. The first kappa shape index (κ1) is 13.6. The third-order valence-corrected chi connectivity index (χ3v) is 5.54. The molecule has 1 aromatic rings. The van der Waals surface area contributed by atoms with Crippen molar-refractivity contribution in [3.63, 3.8) is 0 Å². The quantitative estimate of drug-likeness (QED) is 0.842. The van der Waals surface area contributed by atoms with Crippen LogP contribution >= 0.6 is 0 Å². The topological polar surface area (TPSA) is 37.4 Å². The predicted octanol–water partition coefficient (Wildman–Crippen LogP) is 2.27. The Bertz CT molecular complexity index is 523. The lowest BCUT2D eigenvalue weighted by molar-refractivity contribution is 0.386. The van der Waals surface area contributed by atoms with Crippen molar-refractivity contribution in [2.24, 2.45) is 0 Å². The van der Waals surface area contributed by atoms with Gasteiger partial charge in [0.05, 0.1) is 5.75 Å². The molecule has 1 aromatic carbocycles. The average Bonchev–Trinajstić information content (AvgIpc) is 2.29. The van der Waals surface area contributed by atoms with Gasteiger partial charge in [-0.05, 0) is 44.2 Å². The second-order valence-electron chi connectivity index (χ2n) is 5.10. The molecule has 2 rings (SSSR count). The van der Waals surface area contributed by atoms with E-state index in [1.807, 2.05) is 0 Å². The van der Waals surface area contributed by atoms with Gasteiger partial charge in [-0.1, -0.05) is 23.8 Å². The maximum atomic E-state index is 11.9. The minimum Gasteiger partial charge on any atom is -0.212 e. The molecule has 0 bridgehead atoms. The van der Waals surface area contributed by atoms with Crippen LogP contribution in [0.25, 0.3) is 0 Å². The lowest BCUT2D eigenvalue weighted by atomic mass is 10.0. The Balaban J connectivity index is 2.03. The second kappa shape index (κ2) is 5.41. The Morgan fingerprint density at radius 1 is 1.22 bits per heavy atom. The number of sulfonamides is 1. The van der Waals surface area contributed by atoms with Crippen LogP contribution in [-0.4, -0.2) is 31.6 Å². The standard InChI is InChI=1S/C14H21NO2S/c1-12-5-6-14(13(2)11-12)7-9-15-8-3-4-10-18(15,16)17/h5-6,11H,3-4,7-10H2,1-2H3. The van der Waals surface area contributed by atoms with Gasteiger partial charge in [-0.3, -0.25) is 0 Å². The van der Waals surface area contributed by atoms with Gasteiger partial charge in [0.1, 0.15) is 0 Å². The zero-order chi connectivity index (χ0) is 13.2. The Kier molecular flexibility index (Phi) is 4.07. The number of hydrogen-bond acceptors (Lipinski definition) is 2. The van der Waals surface area contributed by atoms with Gasteiger partial charge < -0.3 is 0 Å². The Morgan fingerprint density at radius 2 is 2.00 bits per heavy atom. The summed E-state index contributed by atoms with van der Waals surface area (Å²) < 4.78 is 25.4. The van der Waals surface area contributed by atoms with E-state index in [4.69, 9.17) is 0 Å². The summed E-state index contributed by atoms with van der Waals surface area (Å²) in [7, 11) is -2.98. The molecule has 0 unspecified atom stereocenters. The highest BCUT2D eigenvalue weighted by Gasteiger charge is 2.25. The Morgan fingerprint density at radius 3 is 2.67 bits per heavy atom. The fourth-order valence-electron chi connectivity index (χ4n) is 2.46. The molecule has 0 atom stereocenters. The van der Waals surface area contributed by atoms with Crippen molar-refractivity contribution in [3.05, 3.63) is 34.9 Å². The smallest absolute Gasteiger partial charge is 0.212 e. The average molecular weight is 267 g/mol. The maximum absolute atomic E-state index is 11.9. The van der Waals surface area contributed by atoms with E-state index in [-0.39, 0.29) is 0 Å². The molecule has 0 saturated carbocycles. The SMILES string of the molecule is Cc1ccc(CCN2CCCCS2(=O)=O)c(C)c1.